The molecule has 0 aliphatic carbocycles. The molecule has 3 rings (SSSR count). The minimum atomic E-state index is -0.299. The summed E-state index contributed by atoms with van der Waals surface area (Å²) >= 11 is 6.41. The van der Waals surface area contributed by atoms with Gasteiger partial charge in [0.25, 0.3) is 0 Å². The summed E-state index contributed by atoms with van der Waals surface area (Å²) in [4.78, 5) is 0. The van der Waals surface area contributed by atoms with E-state index in [1.807, 2.05) is 24.3 Å². The Balaban J connectivity index is 1.72. The van der Waals surface area contributed by atoms with Crippen molar-refractivity contribution in [2.24, 2.45) is 0 Å². The molecule has 5 heteroatoms. The van der Waals surface area contributed by atoms with Gasteiger partial charge >= 0.3 is 0 Å². The number of anilines is 1. The van der Waals surface area contributed by atoms with Gasteiger partial charge in [-0.05, 0) is 60.0 Å². The SMILES string of the molecule is COc1cc(CNc2cccc(C)c2)cc(Cl)c1OCc1cccc(F)c1. The first-order valence-electron chi connectivity index (χ1n) is 8.59. The monoisotopic (exact) mass is 385 g/mol. The van der Waals surface area contributed by atoms with E-state index >= 15 is 0 Å². The molecule has 0 aliphatic rings. The summed E-state index contributed by atoms with van der Waals surface area (Å²) < 4.78 is 24.5. The lowest BCUT2D eigenvalue weighted by Crippen LogP contribution is -2.03. The highest BCUT2D eigenvalue weighted by Crippen LogP contribution is 2.37. The van der Waals surface area contributed by atoms with Crippen LogP contribution in [0.3, 0.4) is 0 Å². The molecule has 3 nitrogen and oxygen atoms in total. The molecule has 0 radical (unpaired) electrons. The van der Waals surface area contributed by atoms with Crippen LogP contribution in [-0.4, -0.2) is 7.11 Å². The molecule has 0 aromatic heterocycles. The van der Waals surface area contributed by atoms with Crippen LogP contribution in [0.4, 0.5) is 10.1 Å². The molecule has 0 fully saturated rings. The molecule has 0 spiro atoms. The first-order valence-corrected chi connectivity index (χ1v) is 8.97. The van der Waals surface area contributed by atoms with E-state index in [2.05, 4.69) is 24.4 Å². The third-order valence-corrected chi connectivity index (χ3v) is 4.36. The maximum absolute atomic E-state index is 13.3. The van der Waals surface area contributed by atoms with Gasteiger partial charge in [0.1, 0.15) is 12.4 Å². The number of ether oxygens (including phenoxy) is 2. The number of rotatable bonds is 7. The lowest BCUT2D eigenvalue weighted by Gasteiger charge is -2.15. The van der Waals surface area contributed by atoms with Crippen molar-refractivity contribution in [3.63, 3.8) is 0 Å². The standard InChI is InChI=1S/C22H21ClFNO2/c1-15-5-3-8-19(9-15)25-13-17-11-20(23)22(21(12-17)26-2)27-14-16-6-4-7-18(24)10-16/h3-12,25H,13-14H2,1-2H3. The second-order valence-corrected chi connectivity index (χ2v) is 6.66. The van der Waals surface area contributed by atoms with Crippen LogP contribution in [-0.2, 0) is 13.2 Å². The zero-order valence-electron chi connectivity index (χ0n) is 15.3. The molecule has 3 aromatic rings. The summed E-state index contributed by atoms with van der Waals surface area (Å²) in [6.45, 7) is 2.86. The van der Waals surface area contributed by atoms with Crippen LogP contribution in [0.25, 0.3) is 0 Å². The summed E-state index contributed by atoms with van der Waals surface area (Å²) in [6.07, 6.45) is 0. The molecule has 0 atom stereocenters. The first-order chi connectivity index (χ1) is 13.0. The maximum Gasteiger partial charge on any atom is 0.180 e. The fourth-order valence-electron chi connectivity index (χ4n) is 2.76. The van der Waals surface area contributed by atoms with Gasteiger partial charge in [-0.15, -0.1) is 0 Å². The van der Waals surface area contributed by atoms with E-state index in [1.54, 1.807) is 19.2 Å². The lowest BCUT2D eigenvalue weighted by atomic mass is 10.1. The van der Waals surface area contributed by atoms with E-state index < -0.39 is 0 Å². The summed E-state index contributed by atoms with van der Waals surface area (Å²) in [5, 5.41) is 3.82. The third kappa shape index (κ3) is 5.14. The van der Waals surface area contributed by atoms with Crippen molar-refractivity contribution in [3.05, 3.63) is 88.2 Å². The Bertz CT molecular complexity index is 930. The van der Waals surface area contributed by atoms with Gasteiger partial charge in [-0.1, -0.05) is 35.9 Å². The number of nitrogens with one attached hydrogen (secondary N) is 1. The van der Waals surface area contributed by atoms with Crippen LogP contribution in [0.15, 0.2) is 60.7 Å². The predicted molar refractivity (Wildman–Crippen MR) is 107 cm³/mol. The lowest BCUT2D eigenvalue weighted by molar-refractivity contribution is 0.284. The highest BCUT2D eigenvalue weighted by Gasteiger charge is 2.13. The Morgan fingerprint density at radius 3 is 2.56 bits per heavy atom. The van der Waals surface area contributed by atoms with Crippen molar-refractivity contribution in [1.82, 2.24) is 0 Å². The van der Waals surface area contributed by atoms with Crippen molar-refractivity contribution < 1.29 is 13.9 Å². The first kappa shape index (κ1) is 19.1. The average Bonchev–Trinajstić information content (AvgIpc) is 2.65. The van der Waals surface area contributed by atoms with Crippen molar-refractivity contribution in [2.75, 3.05) is 12.4 Å². The molecule has 0 heterocycles. The fourth-order valence-corrected chi connectivity index (χ4v) is 3.04. The molecule has 0 amide bonds. The maximum atomic E-state index is 13.3. The zero-order chi connectivity index (χ0) is 19.2. The van der Waals surface area contributed by atoms with Crippen LogP contribution in [0.2, 0.25) is 5.02 Å². The Morgan fingerprint density at radius 2 is 1.81 bits per heavy atom. The Morgan fingerprint density at radius 1 is 1.00 bits per heavy atom. The summed E-state index contributed by atoms with van der Waals surface area (Å²) in [5.41, 5.74) is 3.92. The van der Waals surface area contributed by atoms with Crippen LogP contribution < -0.4 is 14.8 Å². The van der Waals surface area contributed by atoms with Crippen LogP contribution in [0, 0.1) is 12.7 Å². The molecule has 0 bridgehead atoms. The topological polar surface area (TPSA) is 30.5 Å². The van der Waals surface area contributed by atoms with E-state index in [-0.39, 0.29) is 12.4 Å². The number of hydrogen-bond donors (Lipinski definition) is 1. The van der Waals surface area contributed by atoms with E-state index in [1.165, 1.54) is 17.7 Å². The minimum Gasteiger partial charge on any atom is -0.493 e. The number of methoxy groups -OCH3 is 1. The molecular weight excluding hydrogens is 365 g/mol. The van der Waals surface area contributed by atoms with E-state index in [0.717, 1.165) is 16.8 Å². The molecular formula is C22H21ClFNO2. The van der Waals surface area contributed by atoms with Crippen LogP contribution in [0.5, 0.6) is 11.5 Å². The van der Waals surface area contributed by atoms with Crippen molar-refractivity contribution in [1.29, 1.82) is 0 Å². The van der Waals surface area contributed by atoms with Gasteiger partial charge in [-0.2, -0.15) is 0 Å². The zero-order valence-corrected chi connectivity index (χ0v) is 16.0. The highest BCUT2D eigenvalue weighted by atomic mass is 35.5. The molecule has 0 saturated heterocycles. The number of hydrogen-bond acceptors (Lipinski definition) is 3. The van der Waals surface area contributed by atoms with Crippen molar-refractivity contribution >= 4 is 17.3 Å². The van der Waals surface area contributed by atoms with Crippen LogP contribution in [0.1, 0.15) is 16.7 Å². The predicted octanol–water partition coefficient (Wildman–Crippen LogP) is 5.99. The second kappa shape index (κ2) is 8.78. The number of benzene rings is 3. The van der Waals surface area contributed by atoms with Crippen LogP contribution >= 0.6 is 11.6 Å². The minimum absolute atomic E-state index is 0.203. The Labute approximate surface area is 163 Å². The van der Waals surface area contributed by atoms with Gasteiger partial charge in [0, 0.05) is 12.2 Å². The van der Waals surface area contributed by atoms with E-state index in [9.17, 15) is 4.39 Å². The molecule has 1 N–H and O–H groups in total. The summed E-state index contributed by atoms with van der Waals surface area (Å²) in [6, 6.07) is 18.1. The Kier molecular flexibility index (Phi) is 6.20. The quantitative estimate of drug-likeness (QED) is 0.542. The normalized spacial score (nSPS) is 10.5. The number of halogens is 2. The summed E-state index contributed by atoms with van der Waals surface area (Å²) in [7, 11) is 1.57. The second-order valence-electron chi connectivity index (χ2n) is 6.25. The number of aryl methyl sites for hydroxylation is 1. The van der Waals surface area contributed by atoms with Gasteiger partial charge in [0.15, 0.2) is 11.5 Å². The molecule has 0 unspecified atom stereocenters. The van der Waals surface area contributed by atoms with Gasteiger partial charge in [-0.3, -0.25) is 0 Å². The van der Waals surface area contributed by atoms with Gasteiger partial charge in [0.05, 0.1) is 12.1 Å². The van der Waals surface area contributed by atoms with E-state index in [0.29, 0.717) is 23.1 Å². The molecule has 3 aromatic carbocycles. The molecule has 0 saturated carbocycles. The third-order valence-electron chi connectivity index (χ3n) is 4.08. The molecule has 0 aliphatic heterocycles. The van der Waals surface area contributed by atoms with Gasteiger partial charge in [-0.25, -0.2) is 4.39 Å². The van der Waals surface area contributed by atoms with Crippen molar-refractivity contribution in [3.8, 4) is 11.5 Å². The van der Waals surface area contributed by atoms with Crippen molar-refractivity contribution in [2.45, 2.75) is 20.1 Å². The average molecular weight is 386 g/mol. The van der Waals surface area contributed by atoms with Gasteiger partial charge < -0.3 is 14.8 Å². The Hall–Kier alpha value is -2.72. The van der Waals surface area contributed by atoms with E-state index in [4.69, 9.17) is 21.1 Å². The molecule has 140 valence electrons. The summed E-state index contributed by atoms with van der Waals surface area (Å²) in [5.74, 6) is 0.689. The largest absolute Gasteiger partial charge is 0.493 e. The smallest absolute Gasteiger partial charge is 0.180 e. The van der Waals surface area contributed by atoms with Gasteiger partial charge in [0.2, 0.25) is 0 Å². The fraction of sp³-hybridized carbons (Fsp3) is 0.182. The molecule has 27 heavy (non-hydrogen) atoms. The highest BCUT2D eigenvalue weighted by molar-refractivity contribution is 6.32.